The number of aryl methyl sites for hydroxylation is 1. The summed E-state index contributed by atoms with van der Waals surface area (Å²) < 4.78 is 25.5. The fourth-order valence-corrected chi connectivity index (χ4v) is 3.56. The molecule has 0 fully saturated rings. The van der Waals surface area contributed by atoms with Crippen LogP contribution in [-0.4, -0.2) is 33.7 Å². The number of rotatable bonds is 6. The molecule has 0 aliphatic rings. The third kappa shape index (κ3) is 4.96. The average Bonchev–Trinajstić information content (AvgIpc) is 2.52. The fraction of sp³-hybridized carbons (Fsp3) is 0.278. The number of hydrogen-bond acceptors (Lipinski definition) is 3. The molecule has 0 aliphatic heterocycles. The van der Waals surface area contributed by atoms with Gasteiger partial charge < -0.3 is 4.90 Å². The van der Waals surface area contributed by atoms with Gasteiger partial charge in [0.05, 0.1) is 11.9 Å². The van der Waals surface area contributed by atoms with Gasteiger partial charge >= 0.3 is 0 Å². The van der Waals surface area contributed by atoms with Gasteiger partial charge in [0.25, 0.3) is 0 Å². The van der Waals surface area contributed by atoms with E-state index in [-0.39, 0.29) is 12.5 Å². The van der Waals surface area contributed by atoms with E-state index in [1.807, 2.05) is 38.1 Å². The molecule has 0 radical (unpaired) electrons. The molecule has 25 heavy (non-hydrogen) atoms. The summed E-state index contributed by atoms with van der Waals surface area (Å²) in [5.41, 5.74) is 2.13. The predicted molar refractivity (Wildman–Crippen MR) is 103 cm³/mol. The van der Waals surface area contributed by atoms with Crippen molar-refractivity contribution in [2.75, 3.05) is 28.6 Å². The Bertz CT molecular complexity index is 868. The molecule has 0 saturated carbocycles. The first-order valence-electron chi connectivity index (χ1n) is 7.82. The molecule has 0 aromatic heterocycles. The van der Waals surface area contributed by atoms with Crippen molar-refractivity contribution >= 4 is 38.9 Å². The number of likely N-dealkylation sites (N-methyl/N-ethyl adjacent to an activating group) is 1. The Hall–Kier alpha value is -2.05. The van der Waals surface area contributed by atoms with E-state index in [2.05, 4.69) is 0 Å². The van der Waals surface area contributed by atoms with Crippen molar-refractivity contribution in [2.45, 2.75) is 13.8 Å². The van der Waals surface area contributed by atoms with E-state index >= 15 is 0 Å². The van der Waals surface area contributed by atoms with Crippen molar-refractivity contribution in [3.63, 3.8) is 0 Å². The molecule has 1 amide bonds. The third-order valence-electron chi connectivity index (χ3n) is 3.71. The maximum Gasteiger partial charge on any atom is 0.247 e. The standard InChI is InChI=1S/C18H21ClN2O3S/c1-4-20(16-9-5-7-14(2)11-16)18(22)13-21(25(3,23)24)17-10-6-8-15(19)12-17/h5-12H,4,13H2,1-3H3. The van der Waals surface area contributed by atoms with Gasteiger partial charge in [-0.3, -0.25) is 9.10 Å². The Balaban J connectivity index is 2.33. The Morgan fingerprint density at radius 1 is 1.08 bits per heavy atom. The number of nitrogens with zero attached hydrogens (tertiary/aromatic N) is 2. The van der Waals surface area contributed by atoms with Gasteiger partial charge in [0.15, 0.2) is 0 Å². The lowest BCUT2D eigenvalue weighted by Gasteiger charge is -2.27. The summed E-state index contributed by atoms with van der Waals surface area (Å²) in [4.78, 5) is 14.4. The van der Waals surface area contributed by atoms with E-state index in [9.17, 15) is 13.2 Å². The largest absolute Gasteiger partial charge is 0.311 e. The van der Waals surface area contributed by atoms with E-state index in [0.717, 1.165) is 21.8 Å². The molecule has 0 atom stereocenters. The Labute approximate surface area is 153 Å². The molecular weight excluding hydrogens is 360 g/mol. The molecule has 2 aromatic rings. The van der Waals surface area contributed by atoms with E-state index in [4.69, 9.17) is 11.6 Å². The number of carbonyl (C=O) groups excluding carboxylic acids is 1. The van der Waals surface area contributed by atoms with E-state index in [1.54, 1.807) is 23.1 Å². The summed E-state index contributed by atoms with van der Waals surface area (Å²) in [6, 6.07) is 14.0. The highest BCUT2D eigenvalue weighted by Crippen LogP contribution is 2.23. The van der Waals surface area contributed by atoms with Crippen molar-refractivity contribution in [1.82, 2.24) is 0 Å². The van der Waals surface area contributed by atoms with Gasteiger partial charge in [-0.2, -0.15) is 0 Å². The normalized spacial score (nSPS) is 11.2. The monoisotopic (exact) mass is 380 g/mol. The van der Waals surface area contributed by atoms with Gasteiger partial charge in [0, 0.05) is 17.3 Å². The van der Waals surface area contributed by atoms with E-state index in [0.29, 0.717) is 17.3 Å². The van der Waals surface area contributed by atoms with Gasteiger partial charge in [-0.05, 0) is 49.7 Å². The molecule has 5 nitrogen and oxygen atoms in total. The average molecular weight is 381 g/mol. The van der Waals surface area contributed by atoms with Gasteiger partial charge in [-0.1, -0.05) is 29.8 Å². The minimum atomic E-state index is -3.63. The fourth-order valence-electron chi connectivity index (χ4n) is 2.54. The number of hydrogen-bond donors (Lipinski definition) is 0. The van der Waals surface area contributed by atoms with Crippen LogP contribution in [0.3, 0.4) is 0 Å². The summed E-state index contributed by atoms with van der Waals surface area (Å²) in [5, 5.41) is 0.407. The van der Waals surface area contributed by atoms with Crippen LogP contribution >= 0.6 is 11.6 Å². The van der Waals surface area contributed by atoms with Crippen LogP contribution in [0.4, 0.5) is 11.4 Å². The molecule has 0 heterocycles. The van der Waals surface area contributed by atoms with Gasteiger partial charge in [0.1, 0.15) is 6.54 Å². The minimum Gasteiger partial charge on any atom is -0.311 e. The van der Waals surface area contributed by atoms with Crippen LogP contribution in [0.25, 0.3) is 0 Å². The number of benzene rings is 2. The molecule has 2 aromatic carbocycles. The lowest BCUT2D eigenvalue weighted by Crippen LogP contribution is -2.42. The zero-order valence-electron chi connectivity index (χ0n) is 14.4. The van der Waals surface area contributed by atoms with Crippen molar-refractivity contribution < 1.29 is 13.2 Å². The lowest BCUT2D eigenvalue weighted by atomic mass is 10.2. The molecule has 7 heteroatoms. The molecule has 0 unspecified atom stereocenters. The summed E-state index contributed by atoms with van der Waals surface area (Å²) >= 11 is 5.96. The highest BCUT2D eigenvalue weighted by Gasteiger charge is 2.24. The minimum absolute atomic E-state index is 0.291. The van der Waals surface area contributed by atoms with E-state index < -0.39 is 10.0 Å². The Kier molecular flexibility index (Phi) is 6.08. The van der Waals surface area contributed by atoms with Crippen molar-refractivity contribution in [3.05, 3.63) is 59.1 Å². The first-order chi connectivity index (χ1) is 11.7. The molecule has 0 N–H and O–H groups in total. The van der Waals surface area contributed by atoms with Crippen molar-refractivity contribution in [3.8, 4) is 0 Å². The third-order valence-corrected chi connectivity index (χ3v) is 5.08. The topological polar surface area (TPSA) is 57.7 Å². The number of halogens is 1. The van der Waals surface area contributed by atoms with E-state index in [1.165, 1.54) is 6.07 Å². The van der Waals surface area contributed by atoms with Crippen LogP contribution < -0.4 is 9.21 Å². The Morgan fingerprint density at radius 3 is 2.28 bits per heavy atom. The molecule has 0 bridgehead atoms. The van der Waals surface area contributed by atoms with Crippen molar-refractivity contribution in [2.24, 2.45) is 0 Å². The smallest absolute Gasteiger partial charge is 0.247 e. The zero-order valence-corrected chi connectivity index (χ0v) is 16.0. The predicted octanol–water partition coefficient (Wildman–Crippen LogP) is 3.47. The zero-order chi connectivity index (χ0) is 18.6. The van der Waals surface area contributed by atoms with Crippen LogP contribution in [0.5, 0.6) is 0 Å². The maximum absolute atomic E-state index is 12.8. The molecule has 2 rings (SSSR count). The SMILES string of the molecule is CCN(C(=O)CN(c1cccc(Cl)c1)S(C)(=O)=O)c1cccc(C)c1. The summed E-state index contributed by atoms with van der Waals surface area (Å²) in [6.07, 6.45) is 1.07. The second-order valence-corrected chi connectivity index (χ2v) is 8.07. The highest BCUT2D eigenvalue weighted by atomic mass is 35.5. The molecule has 0 saturated heterocycles. The van der Waals surface area contributed by atoms with Crippen LogP contribution in [0.2, 0.25) is 5.02 Å². The lowest BCUT2D eigenvalue weighted by molar-refractivity contribution is -0.117. The summed E-state index contributed by atoms with van der Waals surface area (Å²) in [7, 11) is -3.63. The first kappa shape index (κ1) is 19.3. The van der Waals surface area contributed by atoms with Gasteiger partial charge in [-0.15, -0.1) is 0 Å². The van der Waals surface area contributed by atoms with Gasteiger partial charge in [0.2, 0.25) is 15.9 Å². The number of carbonyl (C=O) groups is 1. The molecule has 0 aliphatic carbocycles. The molecule has 134 valence electrons. The van der Waals surface area contributed by atoms with Crippen LogP contribution in [-0.2, 0) is 14.8 Å². The molecule has 0 spiro atoms. The van der Waals surface area contributed by atoms with Crippen LogP contribution in [0.15, 0.2) is 48.5 Å². The quantitative estimate of drug-likeness (QED) is 0.771. The Morgan fingerprint density at radius 2 is 1.72 bits per heavy atom. The molecular formula is C18H21ClN2O3S. The van der Waals surface area contributed by atoms with Crippen LogP contribution in [0, 0.1) is 6.92 Å². The van der Waals surface area contributed by atoms with Gasteiger partial charge in [-0.25, -0.2) is 8.42 Å². The number of amides is 1. The maximum atomic E-state index is 12.8. The highest BCUT2D eigenvalue weighted by molar-refractivity contribution is 7.92. The number of sulfonamides is 1. The second kappa shape index (κ2) is 7.89. The second-order valence-electron chi connectivity index (χ2n) is 5.73. The van der Waals surface area contributed by atoms with Crippen molar-refractivity contribution in [1.29, 1.82) is 0 Å². The summed E-state index contributed by atoms with van der Waals surface area (Å²) in [5.74, 6) is -0.307. The summed E-state index contributed by atoms with van der Waals surface area (Å²) in [6.45, 7) is 3.94. The first-order valence-corrected chi connectivity index (χ1v) is 10.1. The number of anilines is 2. The van der Waals surface area contributed by atoms with Crippen LogP contribution in [0.1, 0.15) is 12.5 Å².